The van der Waals surface area contributed by atoms with Crippen LogP contribution in [0.25, 0.3) is 17.1 Å². The van der Waals surface area contributed by atoms with Gasteiger partial charge in [-0.15, -0.1) is 5.10 Å². The number of aromatic nitrogens is 3. The topological polar surface area (TPSA) is 81.9 Å². The van der Waals surface area contributed by atoms with Gasteiger partial charge in [0.2, 0.25) is 5.82 Å². The van der Waals surface area contributed by atoms with Crippen LogP contribution in [0.4, 0.5) is 5.69 Å². The minimum Gasteiger partial charge on any atom is -0.508 e. The molecule has 0 unspecified atom stereocenters. The minimum atomic E-state index is -0.184. The molecule has 1 amide bonds. The molecule has 0 aliphatic rings. The molecule has 4 rings (SSSR count). The molecule has 0 atom stereocenters. The van der Waals surface area contributed by atoms with Crippen LogP contribution in [-0.4, -0.2) is 21.2 Å². The van der Waals surface area contributed by atoms with Gasteiger partial charge >= 0.3 is 5.82 Å². The van der Waals surface area contributed by atoms with E-state index in [0.29, 0.717) is 17.1 Å². The highest BCUT2D eigenvalue weighted by molar-refractivity contribution is 6.05. The summed E-state index contributed by atoms with van der Waals surface area (Å²) >= 11 is 0. The average Bonchev–Trinajstić information content (AvgIpc) is 3.11. The lowest BCUT2D eigenvalue weighted by Gasteiger charge is -2.09. The second-order valence-corrected chi connectivity index (χ2v) is 6.35. The first-order valence-electron chi connectivity index (χ1n) is 8.86. The minimum absolute atomic E-state index is 0.184. The zero-order valence-electron chi connectivity index (χ0n) is 15.3. The van der Waals surface area contributed by atoms with Crippen molar-refractivity contribution in [2.24, 2.45) is 0 Å². The number of aromatic amines is 1. The third kappa shape index (κ3) is 3.35. The number of hydrogen-bond acceptors (Lipinski definition) is 3. The van der Waals surface area contributed by atoms with E-state index in [-0.39, 0.29) is 11.7 Å². The zero-order valence-corrected chi connectivity index (χ0v) is 15.3. The van der Waals surface area contributed by atoms with Crippen molar-refractivity contribution in [2.45, 2.75) is 6.92 Å². The van der Waals surface area contributed by atoms with Crippen molar-refractivity contribution >= 4 is 11.6 Å². The number of aryl methyl sites for hydroxylation is 1. The first kappa shape index (κ1) is 17.5. The third-order valence-electron chi connectivity index (χ3n) is 4.43. The molecule has 0 aliphatic heterocycles. The summed E-state index contributed by atoms with van der Waals surface area (Å²) in [6, 6.07) is 23.5. The van der Waals surface area contributed by atoms with E-state index in [1.54, 1.807) is 24.3 Å². The Morgan fingerprint density at radius 3 is 2.39 bits per heavy atom. The van der Waals surface area contributed by atoms with Crippen LogP contribution in [0.1, 0.15) is 16.2 Å². The van der Waals surface area contributed by atoms with Crippen LogP contribution < -0.4 is 9.88 Å². The lowest BCUT2D eigenvalue weighted by atomic mass is 10.1. The first-order valence-corrected chi connectivity index (χ1v) is 8.86. The van der Waals surface area contributed by atoms with E-state index in [2.05, 4.69) is 15.5 Å². The third-order valence-corrected chi connectivity index (χ3v) is 4.43. The Kier molecular flexibility index (Phi) is 4.60. The molecule has 0 bridgehead atoms. The molecule has 28 heavy (non-hydrogen) atoms. The fraction of sp³-hybridized carbons (Fsp3) is 0.0455. The molecular weight excluding hydrogens is 352 g/mol. The molecule has 3 N–H and O–H groups in total. The predicted octanol–water partition coefficient (Wildman–Crippen LogP) is 3.62. The van der Waals surface area contributed by atoms with E-state index in [4.69, 9.17) is 0 Å². The largest absolute Gasteiger partial charge is 0.508 e. The van der Waals surface area contributed by atoms with Crippen molar-refractivity contribution in [3.63, 3.8) is 0 Å². The van der Waals surface area contributed by atoms with Crippen molar-refractivity contribution in [3.8, 4) is 22.8 Å². The van der Waals surface area contributed by atoms with Gasteiger partial charge in [-0.3, -0.25) is 4.79 Å². The van der Waals surface area contributed by atoms with Gasteiger partial charge in [0.05, 0.1) is 11.3 Å². The van der Waals surface area contributed by atoms with Crippen LogP contribution >= 0.6 is 0 Å². The van der Waals surface area contributed by atoms with Gasteiger partial charge in [-0.05, 0) is 48.5 Å². The monoisotopic (exact) mass is 371 g/mol. The lowest BCUT2D eigenvalue weighted by Crippen LogP contribution is -2.34. The quantitative estimate of drug-likeness (QED) is 0.479. The molecule has 1 aromatic heterocycles. The van der Waals surface area contributed by atoms with Gasteiger partial charge < -0.3 is 10.4 Å². The van der Waals surface area contributed by atoms with Crippen LogP contribution in [0.5, 0.6) is 5.75 Å². The molecule has 3 aromatic carbocycles. The smallest absolute Gasteiger partial charge is 0.315 e. The maximum Gasteiger partial charge on any atom is 0.315 e. The molecule has 0 saturated heterocycles. The Morgan fingerprint density at radius 2 is 1.64 bits per heavy atom. The number of phenols is 1. The van der Waals surface area contributed by atoms with Gasteiger partial charge in [0, 0.05) is 17.6 Å². The number of anilines is 1. The van der Waals surface area contributed by atoms with Crippen LogP contribution in [0, 0.1) is 6.92 Å². The van der Waals surface area contributed by atoms with Gasteiger partial charge in [-0.2, -0.15) is 4.57 Å². The van der Waals surface area contributed by atoms with Crippen molar-refractivity contribution in [1.29, 1.82) is 0 Å². The SMILES string of the molecule is Cc1[nH]nc(-c2ccccc2NC(=O)c2ccccc2)[n+]1-c1ccc(O)cc1. The van der Waals surface area contributed by atoms with E-state index < -0.39 is 0 Å². The second kappa shape index (κ2) is 7.36. The van der Waals surface area contributed by atoms with Crippen LogP contribution in [0.15, 0.2) is 78.9 Å². The number of amides is 1. The number of phenolic OH excluding ortho intramolecular Hbond substituents is 1. The number of carbonyl (C=O) groups is 1. The number of rotatable bonds is 4. The maximum absolute atomic E-state index is 12.6. The number of nitrogens with one attached hydrogen (secondary N) is 2. The van der Waals surface area contributed by atoms with Crippen LogP contribution in [0.2, 0.25) is 0 Å². The fourth-order valence-corrected chi connectivity index (χ4v) is 3.06. The number of hydrogen-bond donors (Lipinski definition) is 3. The number of nitrogens with zero attached hydrogens (tertiary/aromatic N) is 2. The molecule has 4 aromatic rings. The van der Waals surface area contributed by atoms with Crippen molar-refractivity contribution < 1.29 is 14.5 Å². The van der Waals surface area contributed by atoms with E-state index in [0.717, 1.165) is 17.1 Å². The van der Waals surface area contributed by atoms with E-state index in [1.807, 2.05) is 66.1 Å². The number of benzene rings is 3. The number of carbonyl (C=O) groups excluding carboxylic acids is 1. The lowest BCUT2D eigenvalue weighted by molar-refractivity contribution is -0.591. The standard InChI is InChI=1S/C22H18N4O2/c1-15-24-25-21(26(15)17-11-13-18(27)14-12-17)19-9-5-6-10-20(19)23-22(28)16-7-3-2-4-8-16/h2-14H,1H3,(H2,23,25,27,28)/p+1. The number of para-hydroxylation sites is 1. The molecule has 1 heterocycles. The maximum atomic E-state index is 12.6. The second-order valence-electron chi connectivity index (χ2n) is 6.35. The molecule has 6 heteroatoms. The molecule has 0 saturated carbocycles. The van der Waals surface area contributed by atoms with Crippen LogP contribution in [-0.2, 0) is 0 Å². The summed E-state index contributed by atoms with van der Waals surface area (Å²) < 4.78 is 1.94. The van der Waals surface area contributed by atoms with Gasteiger partial charge in [-0.1, -0.05) is 30.3 Å². The fourth-order valence-electron chi connectivity index (χ4n) is 3.06. The Labute approximate surface area is 162 Å². The molecule has 138 valence electrons. The summed E-state index contributed by atoms with van der Waals surface area (Å²) in [5, 5.41) is 20.0. The Bertz CT molecular complexity index is 1120. The van der Waals surface area contributed by atoms with Gasteiger partial charge in [0.1, 0.15) is 11.4 Å². The predicted molar refractivity (Wildman–Crippen MR) is 106 cm³/mol. The van der Waals surface area contributed by atoms with Gasteiger partial charge in [0.25, 0.3) is 5.91 Å². The van der Waals surface area contributed by atoms with Crippen molar-refractivity contribution in [1.82, 2.24) is 10.2 Å². The summed E-state index contributed by atoms with van der Waals surface area (Å²) in [4.78, 5) is 12.6. The summed E-state index contributed by atoms with van der Waals surface area (Å²) in [6.07, 6.45) is 0. The molecule has 6 nitrogen and oxygen atoms in total. The first-order chi connectivity index (χ1) is 13.6. The summed E-state index contributed by atoms with van der Waals surface area (Å²) in [5.74, 6) is 1.50. The highest BCUT2D eigenvalue weighted by Gasteiger charge is 2.24. The molecule has 0 radical (unpaired) electrons. The van der Waals surface area contributed by atoms with Crippen LogP contribution in [0.3, 0.4) is 0 Å². The molecule has 0 aliphatic carbocycles. The molecule has 0 fully saturated rings. The average molecular weight is 371 g/mol. The number of H-pyrrole nitrogens is 1. The van der Waals surface area contributed by atoms with E-state index >= 15 is 0 Å². The van der Waals surface area contributed by atoms with E-state index in [9.17, 15) is 9.90 Å². The molecule has 0 spiro atoms. The number of aromatic hydroxyl groups is 1. The van der Waals surface area contributed by atoms with Gasteiger partial charge in [-0.25, -0.2) is 0 Å². The zero-order chi connectivity index (χ0) is 19.5. The highest BCUT2D eigenvalue weighted by atomic mass is 16.3. The Morgan fingerprint density at radius 1 is 0.964 bits per heavy atom. The van der Waals surface area contributed by atoms with Crippen molar-refractivity contribution in [2.75, 3.05) is 5.32 Å². The summed E-state index contributed by atoms with van der Waals surface area (Å²) in [7, 11) is 0. The normalized spacial score (nSPS) is 10.6. The van der Waals surface area contributed by atoms with Gasteiger partial charge in [0.15, 0.2) is 0 Å². The summed E-state index contributed by atoms with van der Waals surface area (Å²) in [5.41, 5.74) is 2.88. The Balaban J connectivity index is 1.76. The highest BCUT2D eigenvalue weighted by Crippen LogP contribution is 2.26. The Hall–Kier alpha value is -3.93. The molecular formula is C22H19N4O2+. The van der Waals surface area contributed by atoms with E-state index in [1.165, 1.54) is 0 Å². The summed E-state index contributed by atoms with van der Waals surface area (Å²) in [6.45, 7) is 1.91. The van der Waals surface area contributed by atoms with Crippen molar-refractivity contribution in [3.05, 3.63) is 90.3 Å².